The predicted molar refractivity (Wildman–Crippen MR) is 83.5 cm³/mol. The molecule has 1 amide bonds. The van der Waals surface area contributed by atoms with E-state index in [9.17, 15) is 4.79 Å². The van der Waals surface area contributed by atoms with E-state index in [4.69, 9.17) is 5.11 Å². The standard InChI is InChI=1S/C16H19NO2S/c1-2-14-8-9-15(20-14)16(19)17-13-7-3-5-12(11-13)6-4-10-18/h3,5,7-9,11,18H,2,4,6,10H2,1H3,(H,17,19). The third kappa shape index (κ3) is 3.92. The molecule has 4 heteroatoms. The van der Waals surface area contributed by atoms with E-state index in [1.807, 2.05) is 36.4 Å². The van der Waals surface area contributed by atoms with Crippen LogP contribution in [0.4, 0.5) is 5.69 Å². The Labute approximate surface area is 123 Å². The van der Waals surface area contributed by atoms with Gasteiger partial charge in [-0.25, -0.2) is 0 Å². The molecule has 0 saturated carbocycles. The number of carbonyl (C=O) groups is 1. The Morgan fingerprint density at radius 3 is 2.85 bits per heavy atom. The number of hydrogen-bond donors (Lipinski definition) is 2. The van der Waals surface area contributed by atoms with Crippen molar-refractivity contribution in [2.45, 2.75) is 26.2 Å². The maximum Gasteiger partial charge on any atom is 0.265 e. The largest absolute Gasteiger partial charge is 0.396 e. The number of anilines is 1. The van der Waals surface area contributed by atoms with Crippen LogP contribution in [-0.4, -0.2) is 17.6 Å². The molecule has 0 atom stereocenters. The molecule has 0 saturated heterocycles. The number of thiophene rings is 1. The normalized spacial score (nSPS) is 10.5. The highest BCUT2D eigenvalue weighted by atomic mass is 32.1. The fourth-order valence-electron chi connectivity index (χ4n) is 1.97. The Morgan fingerprint density at radius 2 is 2.15 bits per heavy atom. The van der Waals surface area contributed by atoms with E-state index in [1.165, 1.54) is 16.2 Å². The van der Waals surface area contributed by atoms with E-state index < -0.39 is 0 Å². The average molecular weight is 289 g/mol. The fraction of sp³-hybridized carbons (Fsp3) is 0.312. The van der Waals surface area contributed by atoms with E-state index in [0.29, 0.717) is 0 Å². The monoisotopic (exact) mass is 289 g/mol. The molecule has 3 nitrogen and oxygen atoms in total. The van der Waals surface area contributed by atoms with Crippen molar-refractivity contribution in [1.29, 1.82) is 0 Å². The Morgan fingerprint density at radius 1 is 1.30 bits per heavy atom. The zero-order chi connectivity index (χ0) is 14.4. The van der Waals surface area contributed by atoms with E-state index in [1.54, 1.807) is 0 Å². The van der Waals surface area contributed by atoms with Gasteiger partial charge in [-0.15, -0.1) is 11.3 Å². The number of amides is 1. The number of rotatable bonds is 6. The first-order valence-corrected chi connectivity index (χ1v) is 7.64. The Hall–Kier alpha value is -1.65. The molecule has 0 aliphatic carbocycles. The number of carbonyl (C=O) groups excluding carboxylic acids is 1. The third-order valence-electron chi connectivity index (χ3n) is 3.04. The summed E-state index contributed by atoms with van der Waals surface area (Å²) in [5.41, 5.74) is 1.93. The number of aryl methyl sites for hydroxylation is 2. The molecule has 0 unspecified atom stereocenters. The summed E-state index contributed by atoms with van der Waals surface area (Å²) in [5, 5.41) is 11.8. The van der Waals surface area contributed by atoms with Gasteiger partial charge in [-0.1, -0.05) is 19.1 Å². The minimum Gasteiger partial charge on any atom is -0.396 e. The second-order valence-corrected chi connectivity index (χ2v) is 5.77. The minimum atomic E-state index is -0.0611. The van der Waals surface area contributed by atoms with E-state index >= 15 is 0 Å². The molecule has 1 aromatic heterocycles. The Bertz CT molecular complexity index is 577. The third-order valence-corrected chi connectivity index (χ3v) is 4.27. The maximum atomic E-state index is 12.1. The zero-order valence-electron chi connectivity index (χ0n) is 11.6. The van der Waals surface area contributed by atoms with Crippen LogP contribution in [0.15, 0.2) is 36.4 Å². The van der Waals surface area contributed by atoms with Crippen molar-refractivity contribution in [3.05, 3.63) is 51.7 Å². The lowest BCUT2D eigenvalue weighted by molar-refractivity contribution is 0.103. The van der Waals surface area contributed by atoms with Crippen LogP contribution in [0.25, 0.3) is 0 Å². The molecule has 20 heavy (non-hydrogen) atoms. The van der Waals surface area contributed by atoms with Gasteiger partial charge in [0.1, 0.15) is 0 Å². The van der Waals surface area contributed by atoms with Gasteiger partial charge in [0.05, 0.1) is 4.88 Å². The molecule has 2 rings (SSSR count). The van der Waals surface area contributed by atoms with E-state index in [0.717, 1.165) is 35.4 Å². The van der Waals surface area contributed by atoms with Gasteiger partial charge in [0.25, 0.3) is 5.91 Å². The number of benzene rings is 1. The minimum absolute atomic E-state index is 0.0611. The van der Waals surface area contributed by atoms with Crippen LogP contribution in [0.5, 0.6) is 0 Å². The van der Waals surface area contributed by atoms with Crippen molar-refractivity contribution in [2.24, 2.45) is 0 Å². The van der Waals surface area contributed by atoms with Crippen molar-refractivity contribution in [1.82, 2.24) is 0 Å². The molecule has 1 aromatic carbocycles. The van der Waals surface area contributed by atoms with Crippen LogP contribution in [0, 0.1) is 0 Å². The molecule has 1 heterocycles. The topological polar surface area (TPSA) is 49.3 Å². The van der Waals surface area contributed by atoms with Gasteiger partial charge in [-0.3, -0.25) is 4.79 Å². The smallest absolute Gasteiger partial charge is 0.265 e. The molecule has 0 fully saturated rings. The molecule has 0 aliphatic heterocycles. The molecule has 0 radical (unpaired) electrons. The predicted octanol–water partition coefficient (Wildman–Crippen LogP) is 3.49. The van der Waals surface area contributed by atoms with Gasteiger partial charge in [0.2, 0.25) is 0 Å². The SMILES string of the molecule is CCc1ccc(C(=O)Nc2cccc(CCCO)c2)s1. The molecule has 2 aromatic rings. The van der Waals surface area contributed by atoms with Crippen LogP contribution in [-0.2, 0) is 12.8 Å². The highest BCUT2D eigenvalue weighted by Gasteiger charge is 2.09. The van der Waals surface area contributed by atoms with Gasteiger partial charge in [0.15, 0.2) is 0 Å². The highest BCUT2D eigenvalue weighted by molar-refractivity contribution is 7.14. The summed E-state index contributed by atoms with van der Waals surface area (Å²) >= 11 is 1.53. The molecule has 0 aliphatic rings. The summed E-state index contributed by atoms with van der Waals surface area (Å²) in [6.07, 6.45) is 2.51. The van der Waals surface area contributed by atoms with Crippen LogP contribution in [0.2, 0.25) is 0 Å². The number of aliphatic hydroxyl groups is 1. The maximum absolute atomic E-state index is 12.1. The lowest BCUT2D eigenvalue weighted by Gasteiger charge is -2.06. The van der Waals surface area contributed by atoms with Crippen molar-refractivity contribution >= 4 is 22.9 Å². The van der Waals surface area contributed by atoms with Crippen LogP contribution in [0.3, 0.4) is 0 Å². The molecular weight excluding hydrogens is 270 g/mol. The number of nitrogens with one attached hydrogen (secondary N) is 1. The Balaban J connectivity index is 2.03. The molecule has 2 N–H and O–H groups in total. The second kappa shape index (κ2) is 7.22. The van der Waals surface area contributed by atoms with Crippen molar-refractivity contribution in [3.63, 3.8) is 0 Å². The first-order valence-electron chi connectivity index (χ1n) is 6.82. The summed E-state index contributed by atoms with van der Waals surface area (Å²) in [6, 6.07) is 11.6. The summed E-state index contributed by atoms with van der Waals surface area (Å²) in [6.45, 7) is 2.27. The molecule has 0 spiro atoms. The first-order chi connectivity index (χ1) is 9.72. The van der Waals surface area contributed by atoms with Gasteiger partial charge in [0, 0.05) is 17.2 Å². The van der Waals surface area contributed by atoms with Gasteiger partial charge in [-0.05, 0) is 49.1 Å². The van der Waals surface area contributed by atoms with Crippen molar-refractivity contribution < 1.29 is 9.90 Å². The molecular formula is C16H19NO2S. The summed E-state index contributed by atoms with van der Waals surface area (Å²) in [5.74, 6) is -0.0611. The van der Waals surface area contributed by atoms with Gasteiger partial charge >= 0.3 is 0 Å². The Kier molecular flexibility index (Phi) is 5.32. The molecule has 106 valence electrons. The lowest BCUT2D eigenvalue weighted by Crippen LogP contribution is -2.10. The summed E-state index contributed by atoms with van der Waals surface area (Å²) < 4.78 is 0. The van der Waals surface area contributed by atoms with E-state index in [-0.39, 0.29) is 12.5 Å². The zero-order valence-corrected chi connectivity index (χ0v) is 12.4. The number of hydrogen-bond acceptors (Lipinski definition) is 3. The van der Waals surface area contributed by atoms with Gasteiger partial charge < -0.3 is 10.4 Å². The average Bonchev–Trinajstić information content (AvgIpc) is 2.94. The van der Waals surface area contributed by atoms with E-state index in [2.05, 4.69) is 12.2 Å². The first kappa shape index (κ1) is 14.8. The highest BCUT2D eigenvalue weighted by Crippen LogP contribution is 2.19. The lowest BCUT2D eigenvalue weighted by atomic mass is 10.1. The molecule has 0 bridgehead atoms. The van der Waals surface area contributed by atoms with Crippen LogP contribution in [0.1, 0.15) is 33.5 Å². The van der Waals surface area contributed by atoms with Gasteiger partial charge in [-0.2, -0.15) is 0 Å². The van der Waals surface area contributed by atoms with Crippen molar-refractivity contribution in [3.8, 4) is 0 Å². The second-order valence-electron chi connectivity index (χ2n) is 4.60. The quantitative estimate of drug-likeness (QED) is 0.855. The fourth-order valence-corrected chi connectivity index (χ4v) is 2.81. The van der Waals surface area contributed by atoms with Crippen molar-refractivity contribution in [2.75, 3.05) is 11.9 Å². The number of aliphatic hydroxyl groups excluding tert-OH is 1. The van der Waals surface area contributed by atoms with Crippen LogP contribution < -0.4 is 5.32 Å². The summed E-state index contributed by atoms with van der Waals surface area (Å²) in [7, 11) is 0. The van der Waals surface area contributed by atoms with Crippen LogP contribution >= 0.6 is 11.3 Å². The summed E-state index contributed by atoms with van der Waals surface area (Å²) in [4.78, 5) is 14.1.